The first-order valence-electron chi connectivity index (χ1n) is 24.3. The molecule has 6 aliphatic carbocycles. The summed E-state index contributed by atoms with van der Waals surface area (Å²) in [5.41, 5.74) is -5.01. The van der Waals surface area contributed by atoms with Crippen LogP contribution in [0.15, 0.2) is 17.2 Å². The van der Waals surface area contributed by atoms with Crippen molar-refractivity contribution >= 4 is 35.6 Å². The number of fused-ring (bicyclic) bond motifs is 7. The summed E-state index contributed by atoms with van der Waals surface area (Å²) in [5.74, 6) is -3.74. The van der Waals surface area contributed by atoms with Gasteiger partial charge in [-0.15, -0.1) is 0 Å². The third-order valence-electron chi connectivity index (χ3n) is 19.2. The first kappa shape index (κ1) is 50.1. The molecule has 3 N–H and O–H groups in total. The number of allylic oxidation sites excluding steroid dienone is 1. The molecule has 0 aromatic carbocycles. The van der Waals surface area contributed by atoms with Gasteiger partial charge in [-0.3, -0.25) is 24.0 Å². The lowest BCUT2D eigenvalue weighted by atomic mass is 9.33. The van der Waals surface area contributed by atoms with E-state index in [1.54, 1.807) is 0 Å². The van der Waals surface area contributed by atoms with Crippen molar-refractivity contribution in [1.82, 2.24) is 20.4 Å². The van der Waals surface area contributed by atoms with Crippen molar-refractivity contribution in [2.45, 2.75) is 150 Å². The van der Waals surface area contributed by atoms with Gasteiger partial charge in [-0.05, 0) is 114 Å². The van der Waals surface area contributed by atoms with Crippen LogP contribution in [0.1, 0.15) is 143 Å². The van der Waals surface area contributed by atoms with Gasteiger partial charge in [0.05, 0.1) is 37.2 Å². The molecule has 2 heterocycles. The maximum atomic E-state index is 14.8. The highest BCUT2D eigenvalue weighted by atomic mass is 19.4. The van der Waals surface area contributed by atoms with E-state index in [9.17, 15) is 47.0 Å². The topological polar surface area (TPSA) is 201 Å². The number of carboxylic acid groups (broad SMARTS) is 1. The molecule has 0 radical (unpaired) electrons. The highest BCUT2D eigenvalue weighted by Gasteiger charge is 2.71. The molecule has 8 rings (SSSR count). The van der Waals surface area contributed by atoms with E-state index >= 15 is 0 Å². The number of esters is 1. The smallest absolute Gasteiger partial charge is 0.435 e. The summed E-state index contributed by atoms with van der Waals surface area (Å²) in [4.78, 5) is 81.4. The van der Waals surface area contributed by atoms with Gasteiger partial charge in [0.1, 0.15) is 18.4 Å². The number of carbonyl (C=O) groups is 6. The molecule has 7 aliphatic rings. The summed E-state index contributed by atoms with van der Waals surface area (Å²) in [5, 5.41) is 18.9. The lowest BCUT2D eigenvalue weighted by molar-refractivity contribution is -0.235. The van der Waals surface area contributed by atoms with Gasteiger partial charge in [-0.25, -0.2) is 4.79 Å². The molecule has 5 saturated carbocycles. The van der Waals surface area contributed by atoms with Crippen molar-refractivity contribution < 1.29 is 66.0 Å². The van der Waals surface area contributed by atoms with Crippen molar-refractivity contribution in [2.24, 2.45) is 62.6 Å². The van der Waals surface area contributed by atoms with Gasteiger partial charge in [-0.2, -0.15) is 23.0 Å². The number of ether oxygens (including phenoxy) is 4. The molecule has 6 fully saturated rings. The van der Waals surface area contributed by atoms with Crippen LogP contribution in [-0.4, -0.2) is 101 Å². The molecule has 15 nitrogen and oxygen atoms in total. The molecule has 18 heteroatoms. The second-order valence-corrected chi connectivity index (χ2v) is 23.5. The predicted molar refractivity (Wildman–Crippen MR) is 238 cm³/mol. The number of aromatic nitrogens is 2. The Morgan fingerprint density at radius 3 is 2.16 bits per heavy atom. The van der Waals surface area contributed by atoms with Crippen molar-refractivity contribution in [3.05, 3.63) is 28.6 Å². The largest absolute Gasteiger partial charge is 0.481 e. The Hall–Kier alpha value is -4.32. The second kappa shape index (κ2) is 16.6. The second-order valence-electron chi connectivity index (χ2n) is 23.5. The number of nitrogens with one attached hydrogen (secondary N) is 2. The third-order valence-corrected chi connectivity index (χ3v) is 19.2. The summed E-state index contributed by atoms with van der Waals surface area (Å²) < 4.78 is 63.5. The summed E-state index contributed by atoms with van der Waals surface area (Å²) in [7, 11) is 1.34. The van der Waals surface area contributed by atoms with Gasteiger partial charge in [0.25, 0.3) is 11.8 Å². The normalized spacial score (nSPS) is 36.5. The number of hydrogen-bond donors (Lipinski definition) is 3. The third kappa shape index (κ3) is 7.44. The molecule has 0 bridgehead atoms. The number of methoxy groups -OCH3 is 1. The Labute approximate surface area is 395 Å². The maximum absolute atomic E-state index is 14.8. The maximum Gasteiger partial charge on any atom is 0.435 e. The predicted octanol–water partition coefficient (Wildman–Crippen LogP) is 7.54. The number of ketones is 1. The first-order chi connectivity index (χ1) is 31.5. The van der Waals surface area contributed by atoms with Crippen molar-refractivity contribution in [3.63, 3.8) is 0 Å². The van der Waals surface area contributed by atoms with E-state index in [1.165, 1.54) is 7.11 Å². The van der Waals surface area contributed by atoms with Gasteiger partial charge in [0, 0.05) is 25.0 Å². The van der Waals surface area contributed by atoms with E-state index in [1.807, 2.05) is 27.7 Å². The van der Waals surface area contributed by atoms with Crippen LogP contribution in [-0.2, 0) is 44.3 Å². The molecular formula is C50H69F3N4O11. The van der Waals surface area contributed by atoms with Crippen LogP contribution < -0.4 is 10.6 Å². The van der Waals surface area contributed by atoms with Crippen LogP contribution in [0.25, 0.3) is 0 Å². The van der Waals surface area contributed by atoms with Crippen molar-refractivity contribution in [3.8, 4) is 0 Å². The quantitative estimate of drug-likeness (QED) is 0.146. The summed E-state index contributed by atoms with van der Waals surface area (Å²) >= 11 is 0. The zero-order valence-electron chi connectivity index (χ0n) is 41.1. The van der Waals surface area contributed by atoms with E-state index in [0.717, 1.165) is 43.3 Å². The SMILES string of the molecule is COCCOC(=O)n1nc(C(F)(F)F)cc1C(=O)NC1(C(=O)N[C@@]23CC[C@]4(C)[C@H](CC[C@@H]5[C@@]6(C)CC[C@H](OC(=O)[C@H]7C[C@@H](C(=O)O)C7(C)C)C(C)(C)[C@@H]6CC[C@]54C)C2=C(C(C)C)C(=O)C3)COC1. The molecule has 2 amide bonds. The number of carboxylic acids is 1. The van der Waals surface area contributed by atoms with Crippen LogP contribution in [0.3, 0.4) is 0 Å². The van der Waals surface area contributed by atoms with E-state index in [2.05, 4.69) is 50.4 Å². The number of carbonyl (C=O) groups excluding carboxylic acids is 5. The van der Waals surface area contributed by atoms with Gasteiger partial charge in [0.15, 0.2) is 17.0 Å². The molecule has 0 spiro atoms. The average molecular weight is 959 g/mol. The fourth-order valence-corrected chi connectivity index (χ4v) is 15.2. The highest BCUT2D eigenvalue weighted by molar-refractivity contribution is 6.04. The molecule has 0 unspecified atom stereocenters. The van der Waals surface area contributed by atoms with E-state index < -0.39 is 69.8 Å². The average Bonchev–Trinajstić information content (AvgIpc) is 3.80. The fourth-order valence-electron chi connectivity index (χ4n) is 15.2. The summed E-state index contributed by atoms with van der Waals surface area (Å²) in [6.07, 6.45) is -0.103. The number of rotatable bonds is 11. The Kier molecular flexibility index (Phi) is 12.3. The molecule has 68 heavy (non-hydrogen) atoms. The minimum atomic E-state index is -5.01. The molecule has 1 aromatic heterocycles. The van der Waals surface area contributed by atoms with Crippen LogP contribution in [0.2, 0.25) is 0 Å². The van der Waals surface area contributed by atoms with E-state index in [0.29, 0.717) is 31.2 Å². The van der Waals surface area contributed by atoms with Gasteiger partial charge in [-0.1, -0.05) is 62.3 Å². The molecule has 376 valence electrons. The summed E-state index contributed by atoms with van der Waals surface area (Å²) in [6, 6.07) is 0.423. The van der Waals surface area contributed by atoms with Crippen LogP contribution in [0.4, 0.5) is 18.0 Å². The number of aliphatic carboxylic acids is 1. The lowest BCUT2D eigenvalue weighted by Gasteiger charge is -2.72. The zero-order chi connectivity index (χ0) is 49.9. The Morgan fingerprint density at radius 1 is 0.882 bits per heavy atom. The fraction of sp³-hybridized carbons (Fsp3) is 0.780. The highest BCUT2D eigenvalue weighted by Crippen LogP contribution is 2.76. The Bertz CT molecular complexity index is 2320. The number of hydrogen-bond acceptors (Lipinski definition) is 11. The van der Waals surface area contributed by atoms with E-state index in [-0.39, 0.29) is 101 Å². The van der Waals surface area contributed by atoms with Crippen molar-refractivity contribution in [1.29, 1.82) is 0 Å². The molecule has 1 aliphatic heterocycles. The Balaban J connectivity index is 1.04. The number of alkyl halides is 3. The van der Waals surface area contributed by atoms with Crippen LogP contribution in [0, 0.1) is 62.6 Å². The first-order valence-corrected chi connectivity index (χ1v) is 24.3. The molecule has 1 saturated heterocycles. The van der Waals surface area contributed by atoms with Crippen LogP contribution in [0.5, 0.6) is 0 Å². The van der Waals surface area contributed by atoms with Gasteiger partial charge < -0.3 is 34.7 Å². The molecule has 10 atom stereocenters. The monoisotopic (exact) mass is 958 g/mol. The lowest BCUT2D eigenvalue weighted by Crippen LogP contribution is -2.73. The van der Waals surface area contributed by atoms with Crippen LogP contribution >= 0.6 is 0 Å². The Morgan fingerprint density at radius 2 is 1.57 bits per heavy atom. The molecule has 1 aromatic rings. The standard InChI is InChI=1S/C50H69F3N4O11/c1-26(2)36-31(58)23-48(55-41(63)49(24-66-25-49)54-38(59)30-22-34(50(51,52)53)56-57(30)42(64)67-20-19-65-10)18-17-46(8)27(37(36)48)11-12-33-45(7)15-14-35(44(5,6)32(45)13-16-47(33,46)9)68-40(62)29-21-28(39(60)61)43(29,3)4/h22,26-29,32-33,35H,11-21,23-25H2,1-10H3,(H,54,59)(H,55,63)(H,60,61)/t27-,28+,29-,32+,33-,35+,45+,46-,47-,48-/m1/s1. The van der Waals surface area contributed by atoms with Gasteiger partial charge >= 0.3 is 24.2 Å². The minimum absolute atomic E-state index is 0.0390. The molecular weight excluding hydrogens is 890 g/mol. The van der Waals surface area contributed by atoms with E-state index in [4.69, 9.17) is 18.9 Å². The zero-order valence-corrected chi connectivity index (χ0v) is 41.1. The number of amides is 2. The van der Waals surface area contributed by atoms with Gasteiger partial charge in [0.2, 0.25) is 0 Å². The number of halogens is 3. The minimum Gasteiger partial charge on any atom is -0.481 e. The number of nitrogens with zero attached hydrogens (tertiary/aromatic N) is 2. The van der Waals surface area contributed by atoms with Crippen molar-refractivity contribution in [2.75, 3.05) is 33.5 Å². The summed E-state index contributed by atoms with van der Waals surface area (Å²) in [6.45, 7) is 18.4. The number of Topliss-reactive ketones (excluding diaryl/α,β-unsaturated/α-hetero) is 1.